The lowest BCUT2D eigenvalue weighted by atomic mass is 9.97. The summed E-state index contributed by atoms with van der Waals surface area (Å²) >= 11 is 0. The van der Waals surface area contributed by atoms with E-state index in [1.165, 1.54) is 26.2 Å². The van der Waals surface area contributed by atoms with E-state index in [2.05, 4.69) is 19.2 Å². The first-order valence-electron chi connectivity index (χ1n) is 9.38. The molecule has 0 radical (unpaired) electrons. The zero-order valence-electron chi connectivity index (χ0n) is 16.9. The molecule has 0 aliphatic carbocycles. The molecule has 26 heavy (non-hydrogen) atoms. The van der Waals surface area contributed by atoms with Gasteiger partial charge >= 0.3 is 0 Å². The molecule has 1 rings (SSSR count). The quantitative estimate of drug-likeness (QED) is 0.388. The molecule has 1 aliphatic heterocycles. The topological polar surface area (TPSA) is 128 Å². The summed E-state index contributed by atoms with van der Waals surface area (Å²) in [6, 6.07) is -0.854. The monoisotopic (exact) mass is 381 g/mol. The van der Waals surface area contributed by atoms with E-state index in [1.54, 1.807) is 0 Å². The fourth-order valence-corrected chi connectivity index (χ4v) is 2.31. The van der Waals surface area contributed by atoms with E-state index >= 15 is 0 Å². The van der Waals surface area contributed by atoms with Crippen molar-refractivity contribution >= 4 is 5.91 Å². The number of carbonyl (C=O) groups is 1. The van der Waals surface area contributed by atoms with Gasteiger partial charge in [0, 0.05) is 20.6 Å². The maximum atomic E-state index is 11.1. The SMILES string of the molecule is CCCCC.CCCCOC1OC(CO)[C@@H](O)C(O)C1NC(C)=O.CO. The number of carbonyl (C=O) groups excluding carboxylic acids is 1. The Labute approximate surface area is 157 Å². The maximum Gasteiger partial charge on any atom is 0.217 e. The lowest BCUT2D eigenvalue weighted by molar-refractivity contribution is -0.270. The van der Waals surface area contributed by atoms with Crippen LogP contribution in [0.3, 0.4) is 0 Å². The molecular weight excluding hydrogens is 342 g/mol. The summed E-state index contributed by atoms with van der Waals surface area (Å²) < 4.78 is 10.8. The number of ether oxygens (including phenoxy) is 2. The highest BCUT2D eigenvalue weighted by Gasteiger charge is 2.45. The fraction of sp³-hybridized carbons (Fsp3) is 0.944. The van der Waals surface area contributed by atoms with Gasteiger partial charge in [-0.25, -0.2) is 0 Å². The van der Waals surface area contributed by atoms with Gasteiger partial charge in [0.25, 0.3) is 0 Å². The van der Waals surface area contributed by atoms with Gasteiger partial charge in [-0.05, 0) is 6.42 Å². The molecule has 0 aromatic heterocycles. The van der Waals surface area contributed by atoms with Crippen molar-refractivity contribution in [3.63, 3.8) is 0 Å². The molecule has 4 unspecified atom stereocenters. The Morgan fingerprint density at radius 1 is 1.04 bits per heavy atom. The van der Waals surface area contributed by atoms with Crippen LogP contribution in [0.2, 0.25) is 0 Å². The molecule has 0 saturated carbocycles. The van der Waals surface area contributed by atoms with Gasteiger partial charge in [-0.1, -0.05) is 46.5 Å². The Morgan fingerprint density at radius 2 is 1.58 bits per heavy atom. The Hall–Kier alpha value is -0.770. The first-order chi connectivity index (χ1) is 12.4. The number of nitrogens with one attached hydrogen (secondary N) is 1. The van der Waals surface area contributed by atoms with Crippen LogP contribution in [0, 0.1) is 0 Å². The number of rotatable bonds is 8. The number of amides is 1. The van der Waals surface area contributed by atoms with E-state index < -0.39 is 37.3 Å². The summed E-state index contributed by atoms with van der Waals surface area (Å²) in [5.41, 5.74) is 0. The zero-order chi connectivity index (χ0) is 20.5. The minimum Gasteiger partial charge on any atom is -0.400 e. The van der Waals surface area contributed by atoms with Gasteiger partial charge in [-0.15, -0.1) is 0 Å². The van der Waals surface area contributed by atoms with Crippen LogP contribution in [-0.2, 0) is 14.3 Å². The average molecular weight is 382 g/mol. The van der Waals surface area contributed by atoms with Gasteiger partial charge in [0.2, 0.25) is 5.91 Å². The smallest absolute Gasteiger partial charge is 0.217 e. The first kappa shape index (κ1) is 27.4. The summed E-state index contributed by atoms with van der Waals surface area (Å²) in [7, 11) is 1.00. The second-order valence-electron chi connectivity index (χ2n) is 6.01. The molecule has 0 aromatic rings. The highest BCUT2D eigenvalue weighted by atomic mass is 16.7. The van der Waals surface area contributed by atoms with Crippen molar-refractivity contribution < 1.29 is 34.7 Å². The van der Waals surface area contributed by atoms with Gasteiger partial charge < -0.3 is 35.2 Å². The van der Waals surface area contributed by atoms with E-state index in [0.29, 0.717) is 6.61 Å². The molecule has 1 fully saturated rings. The predicted octanol–water partition coefficient (Wildman–Crippen LogP) is 0.552. The molecule has 1 heterocycles. The summed E-state index contributed by atoms with van der Waals surface area (Å²) in [4.78, 5) is 11.1. The zero-order valence-corrected chi connectivity index (χ0v) is 16.9. The van der Waals surface area contributed by atoms with Crippen LogP contribution < -0.4 is 5.32 Å². The Balaban J connectivity index is 0. The summed E-state index contributed by atoms with van der Waals surface area (Å²) in [6.45, 7) is 7.72. The van der Waals surface area contributed by atoms with Crippen LogP contribution in [0.15, 0.2) is 0 Å². The maximum absolute atomic E-state index is 11.1. The third-order valence-electron chi connectivity index (χ3n) is 3.74. The largest absolute Gasteiger partial charge is 0.400 e. The van der Waals surface area contributed by atoms with Gasteiger partial charge in [-0.3, -0.25) is 4.79 Å². The van der Waals surface area contributed by atoms with Gasteiger partial charge in [0.1, 0.15) is 24.4 Å². The Bertz CT molecular complexity index is 329. The van der Waals surface area contributed by atoms with E-state index in [4.69, 9.17) is 19.7 Å². The van der Waals surface area contributed by atoms with E-state index in [-0.39, 0.29) is 5.91 Å². The van der Waals surface area contributed by atoms with Crippen molar-refractivity contribution in [1.82, 2.24) is 5.32 Å². The first-order valence-corrected chi connectivity index (χ1v) is 9.38. The fourth-order valence-electron chi connectivity index (χ4n) is 2.31. The molecule has 0 aromatic carbocycles. The molecule has 5 atom stereocenters. The number of hydrogen-bond donors (Lipinski definition) is 5. The lowest BCUT2D eigenvalue weighted by Crippen LogP contribution is -2.64. The van der Waals surface area contributed by atoms with Crippen LogP contribution in [0.5, 0.6) is 0 Å². The van der Waals surface area contributed by atoms with Gasteiger partial charge in [-0.2, -0.15) is 0 Å². The third kappa shape index (κ3) is 11.1. The Morgan fingerprint density at radius 3 is 1.96 bits per heavy atom. The Kier molecular flexibility index (Phi) is 18.6. The second-order valence-corrected chi connectivity index (χ2v) is 6.01. The van der Waals surface area contributed by atoms with Gasteiger partial charge in [0.05, 0.1) is 6.61 Å². The molecule has 158 valence electrons. The van der Waals surface area contributed by atoms with E-state index in [9.17, 15) is 15.0 Å². The molecule has 1 amide bonds. The third-order valence-corrected chi connectivity index (χ3v) is 3.74. The highest BCUT2D eigenvalue weighted by molar-refractivity contribution is 5.73. The van der Waals surface area contributed by atoms with Crippen molar-refractivity contribution in [3.05, 3.63) is 0 Å². The number of hydrogen-bond acceptors (Lipinski definition) is 7. The standard InChI is InChI=1S/C12H23NO6.C5H12.CH4O/c1-3-4-5-18-12-9(13-7(2)15)11(17)10(16)8(6-14)19-12;1-3-5-4-2;1-2/h8-12,14,16-17H,3-6H2,1-2H3,(H,13,15);3-5H2,1-2H3;2H,1H3/t8?,9?,10-,11?,12?;;/m1../s1. The lowest BCUT2D eigenvalue weighted by Gasteiger charge is -2.42. The van der Waals surface area contributed by atoms with E-state index in [1.807, 2.05) is 6.92 Å². The van der Waals surface area contributed by atoms with Crippen LogP contribution in [0.1, 0.15) is 59.8 Å². The van der Waals surface area contributed by atoms with Gasteiger partial charge in [0.15, 0.2) is 6.29 Å². The van der Waals surface area contributed by atoms with Crippen molar-refractivity contribution in [2.45, 2.75) is 90.4 Å². The average Bonchev–Trinajstić information content (AvgIpc) is 2.63. The molecular formula is C18H39NO7. The molecule has 1 aliphatic rings. The molecule has 8 nitrogen and oxygen atoms in total. The van der Waals surface area contributed by atoms with Crippen LogP contribution in [-0.4, -0.2) is 77.3 Å². The predicted molar refractivity (Wildman–Crippen MR) is 99.6 cm³/mol. The van der Waals surface area contributed by atoms with Crippen molar-refractivity contribution in [2.24, 2.45) is 0 Å². The summed E-state index contributed by atoms with van der Waals surface area (Å²) in [6.07, 6.45) is 1.50. The molecule has 0 bridgehead atoms. The van der Waals surface area contributed by atoms with Crippen molar-refractivity contribution in [1.29, 1.82) is 0 Å². The van der Waals surface area contributed by atoms with Crippen molar-refractivity contribution in [2.75, 3.05) is 20.3 Å². The minimum atomic E-state index is -1.27. The molecule has 0 spiro atoms. The van der Waals surface area contributed by atoms with Crippen LogP contribution >= 0.6 is 0 Å². The molecule has 1 saturated heterocycles. The van der Waals surface area contributed by atoms with E-state index in [0.717, 1.165) is 20.0 Å². The second kappa shape index (κ2) is 17.6. The number of aliphatic hydroxyl groups is 4. The van der Waals surface area contributed by atoms with Crippen LogP contribution in [0.25, 0.3) is 0 Å². The summed E-state index contributed by atoms with van der Waals surface area (Å²) in [5.74, 6) is -0.355. The highest BCUT2D eigenvalue weighted by Crippen LogP contribution is 2.22. The molecule has 5 N–H and O–H groups in total. The number of aliphatic hydroxyl groups excluding tert-OH is 4. The molecule has 8 heteroatoms. The van der Waals surface area contributed by atoms with Crippen molar-refractivity contribution in [3.8, 4) is 0 Å². The summed E-state index contributed by atoms with van der Waals surface area (Å²) in [5, 5.41) is 38.3. The normalized spacial score (nSPS) is 27.5. The number of unbranched alkanes of at least 4 members (excludes halogenated alkanes) is 3. The minimum absolute atomic E-state index is 0.355. The van der Waals surface area contributed by atoms with Crippen LogP contribution in [0.4, 0.5) is 0 Å².